The van der Waals surface area contributed by atoms with E-state index in [1.165, 1.54) is 17.2 Å². The molecule has 0 aliphatic rings. The minimum Gasteiger partial charge on any atom is -0.487 e. The van der Waals surface area contributed by atoms with Gasteiger partial charge in [0.2, 0.25) is 0 Å². The van der Waals surface area contributed by atoms with Gasteiger partial charge in [-0.15, -0.1) is 0 Å². The van der Waals surface area contributed by atoms with E-state index in [2.05, 4.69) is 11.9 Å². The Morgan fingerprint density at radius 3 is 2.64 bits per heavy atom. The maximum atomic E-state index is 12.2. The second-order valence-corrected chi connectivity index (χ2v) is 5.48. The summed E-state index contributed by atoms with van der Waals surface area (Å²) in [6.07, 6.45) is 0. The summed E-state index contributed by atoms with van der Waals surface area (Å²) in [7, 11) is 0. The highest BCUT2D eigenvalue weighted by atomic mass is 16.5. The van der Waals surface area contributed by atoms with Gasteiger partial charge in [0.1, 0.15) is 18.0 Å². The fourth-order valence-corrected chi connectivity index (χ4v) is 2.40. The SMILES string of the molecule is Cc1ccc(OCc2cc(=O)n3c(C)cccc3n2)cc1C. The average molecular weight is 294 g/mol. The number of hydrogen-bond acceptors (Lipinski definition) is 3. The summed E-state index contributed by atoms with van der Waals surface area (Å²) in [4.78, 5) is 16.7. The Morgan fingerprint density at radius 1 is 1.05 bits per heavy atom. The first kappa shape index (κ1) is 14.3. The Balaban J connectivity index is 1.88. The van der Waals surface area contributed by atoms with Crippen LogP contribution in [0.15, 0.2) is 47.3 Å². The number of rotatable bonds is 3. The van der Waals surface area contributed by atoms with Gasteiger partial charge in [0.25, 0.3) is 5.56 Å². The van der Waals surface area contributed by atoms with Crippen LogP contribution in [0.5, 0.6) is 5.75 Å². The minimum atomic E-state index is -0.0817. The first-order chi connectivity index (χ1) is 10.5. The summed E-state index contributed by atoms with van der Waals surface area (Å²) in [6, 6.07) is 13.1. The van der Waals surface area contributed by atoms with E-state index in [4.69, 9.17) is 4.74 Å². The summed E-state index contributed by atoms with van der Waals surface area (Å²) >= 11 is 0. The molecule has 0 N–H and O–H groups in total. The van der Waals surface area contributed by atoms with E-state index < -0.39 is 0 Å². The zero-order valence-electron chi connectivity index (χ0n) is 13.0. The van der Waals surface area contributed by atoms with Gasteiger partial charge in [0.15, 0.2) is 0 Å². The van der Waals surface area contributed by atoms with Crippen molar-refractivity contribution >= 4 is 5.65 Å². The molecule has 0 aliphatic carbocycles. The summed E-state index contributed by atoms with van der Waals surface area (Å²) < 4.78 is 7.35. The summed E-state index contributed by atoms with van der Waals surface area (Å²) in [5.41, 5.74) is 4.47. The Morgan fingerprint density at radius 2 is 1.86 bits per heavy atom. The van der Waals surface area contributed by atoms with Gasteiger partial charge in [0.05, 0.1) is 5.69 Å². The topological polar surface area (TPSA) is 43.6 Å². The van der Waals surface area contributed by atoms with E-state index in [1.807, 2.05) is 50.2 Å². The van der Waals surface area contributed by atoms with Crippen molar-refractivity contribution in [3.05, 3.63) is 75.3 Å². The molecule has 2 heterocycles. The van der Waals surface area contributed by atoms with E-state index in [9.17, 15) is 4.79 Å². The number of pyridine rings is 1. The quantitative estimate of drug-likeness (QED) is 0.745. The molecule has 0 unspecified atom stereocenters. The molecule has 0 radical (unpaired) electrons. The molecule has 0 saturated carbocycles. The van der Waals surface area contributed by atoms with Gasteiger partial charge >= 0.3 is 0 Å². The lowest BCUT2D eigenvalue weighted by atomic mass is 10.1. The van der Waals surface area contributed by atoms with Crippen molar-refractivity contribution in [2.75, 3.05) is 0 Å². The fourth-order valence-electron chi connectivity index (χ4n) is 2.40. The highest BCUT2D eigenvalue weighted by Gasteiger charge is 2.05. The molecule has 3 rings (SSSR count). The van der Waals surface area contributed by atoms with Crippen LogP contribution in [0.3, 0.4) is 0 Å². The van der Waals surface area contributed by atoms with Crippen LogP contribution in [0.4, 0.5) is 0 Å². The van der Waals surface area contributed by atoms with Crippen molar-refractivity contribution in [3.63, 3.8) is 0 Å². The van der Waals surface area contributed by atoms with Gasteiger partial charge in [-0.05, 0) is 56.2 Å². The zero-order chi connectivity index (χ0) is 15.7. The molecule has 4 heteroatoms. The minimum absolute atomic E-state index is 0.0817. The Labute approximate surface area is 129 Å². The van der Waals surface area contributed by atoms with Crippen molar-refractivity contribution < 1.29 is 4.74 Å². The largest absolute Gasteiger partial charge is 0.487 e. The van der Waals surface area contributed by atoms with Gasteiger partial charge in [-0.2, -0.15) is 0 Å². The number of nitrogens with zero attached hydrogens (tertiary/aromatic N) is 2. The van der Waals surface area contributed by atoms with Crippen molar-refractivity contribution in [2.24, 2.45) is 0 Å². The molecular formula is C18H18N2O2. The van der Waals surface area contributed by atoms with Crippen LogP contribution in [0.2, 0.25) is 0 Å². The Kier molecular flexibility index (Phi) is 3.67. The van der Waals surface area contributed by atoms with Gasteiger partial charge in [-0.25, -0.2) is 4.98 Å². The third kappa shape index (κ3) is 2.72. The second-order valence-electron chi connectivity index (χ2n) is 5.48. The molecule has 22 heavy (non-hydrogen) atoms. The van der Waals surface area contributed by atoms with Crippen molar-refractivity contribution in [2.45, 2.75) is 27.4 Å². The Bertz CT molecular complexity index is 897. The maximum Gasteiger partial charge on any atom is 0.258 e. The second kappa shape index (κ2) is 5.64. The highest BCUT2D eigenvalue weighted by Crippen LogP contribution is 2.17. The van der Waals surface area contributed by atoms with Crippen LogP contribution >= 0.6 is 0 Å². The van der Waals surface area contributed by atoms with Gasteiger partial charge in [-0.3, -0.25) is 9.20 Å². The van der Waals surface area contributed by atoms with Gasteiger partial charge in [-0.1, -0.05) is 12.1 Å². The molecule has 1 aromatic carbocycles. The molecule has 0 amide bonds. The monoisotopic (exact) mass is 294 g/mol. The lowest BCUT2D eigenvalue weighted by Gasteiger charge is -2.09. The smallest absolute Gasteiger partial charge is 0.258 e. The fraction of sp³-hybridized carbons (Fsp3) is 0.222. The van der Waals surface area contributed by atoms with Gasteiger partial charge in [0, 0.05) is 11.8 Å². The lowest BCUT2D eigenvalue weighted by molar-refractivity contribution is 0.301. The summed E-state index contributed by atoms with van der Waals surface area (Å²) in [5.74, 6) is 0.786. The summed E-state index contributed by atoms with van der Waals surface area (Å²) in [6.45, 7) is 6.28. The average Bonchev–Trinajstić information content (AvgIpc) is 2.48. The van der Waals surface area contributed by atoms with Crippen LogP contribution in [-0.2, 0) is 6.61 Å². The number of aryl methyl sites for hydroxylation is 3. The molecule has 0 saturated heterocycles. The molecule has 2 aromatic heterocycles. The maximum absolute atomic E-state index is 12.2. The first-order valence-corrected chi connectivity index (χ1v) is 7.23. The molecule has 112 valence electrons. The number of ether oxygens (including phenoxy) is 1. The normalized spacial score (nSPS) is 10.9. The highest BCUT2D eigenvalue weighted by molar-refractivity contribution is 5.40. The van der Waals surface area contributed by atoms with Crippen LogP contribution in [0.25, 0.3) is 5.65 Å². The third-order valence-corrected chi connectivity index (χ3v) is 3.80. The first-order valence-electron chi connectivity index (χ1n) is 7.23. The predicted molar refractivity (Wildman–Crippen MR) is 86.4 cm³/mol. The Hall–Kier alpha value is -2.62. The predicted octanol–water partition coefficient (Wildman–Crippen LogP) is 3.20. The third-order valence-electron chi connectivity index (χ3n) is 3.80. The molecule has 4 nitrogen and oxygen atoms in total. The number of hydrogen-bond donors (Lipinski definition) is 0. The molecule has 0 bridgehead atoms. The number of benzene rings is 1. The van der Waals surface area contributed by atoms with Crippen LogP contribution < -0.4 is 10.3 Å². The lowest BCUT2D eigenvalue weighted by Crippen LogP contribution is -2.18. The number of fused-ring (bicyclic) bond motifs is 1. The molecule has 0 atom stereocenters. The standard InChI is InChI=1S/C18H18N2O2/c1-12-7-8-16(9-13(12)2)22-11-15-10-18(21)20-14(3)5-4-6-17(20)19-15/h4-10H,11H2,1-3H3. The molecule has 0 fully saturated rings. The van der Waals surface area contributed by atoms with E-state index >= 15 is 0 Å². The van der Waals surface area contributed by atoms with E-state index in [0.29, 0.717) is 11.3 Å². The van der Waals surface area contributed by atoms with E-state index in [1.54, 1.807) is 4.40 Å². The van der Waals surface area contributed by atoms with Crippen molar-refractivity contribution in [1.29, 1.82) is 0 Å². The molecule has 0 aliphatic heterocycles. The zero-order valence-corrected chi connectivity index (χ0v) is 13.0. The van der Waals surface area contributed by atoms with Crippen molar-refractivity contribution in [1.82, 2.24) is 9.38 Å². The summed E-state index contributed by atoms with van der Waals surface area (Å²) in [5, 5.41) is 0. The molecule has 0 spiro atoms. The van der Waals surface area contributed by atoms with E-state index in [-0.39, 0.29) is 12.2 Å². The van der Waals surface area contributed by atoms with Crippen molar-refractivity contribution in [3.8, 4) is 5.75 Å². The van der Waals surface area contributed by atoms with Crippen LogP contribution in [-0.4, -0.2) is 9.38 Å². The van der Waals surface area contributed by atoms with Crippen LogP contribution in [0, 0.1) is 20.8 Å². The molecular weight excluding hydrogens is 276 g/mol. The van der Waals surface area contributed by atoms with Crippen LogP contribution in [0.1, 0.15) is 22.5 Å². The van der Waals surface area contributed by atoms with Gasteiger partial charge < -0.3 is 4.74 Å². The number of aromatic nitrogens is 2. The van der Waals surface area contributed by atoms with E-state index in [0.717, 1.165) is 11.4 Å². The molecule has 3 aromatic rings.